The second kappa shape index (κ2) is 3.09. The molecule has 1 aliphatic heterocycles. The first-order valence-corrected chi connectivity index (χ1v) is 4.25. The molecular weight excluding hydrogens is 180 g/mol. The second-order valence-corrected chi connectivity index (χ2v) is 3.09. The lowest BCUT2D eigenvalue weighted by Crippen LogP contribution is -2.30. The predicted octanol–water partition coefficient (Wildman–Crippen LogP) is 1.46. The minimum Gasteiger partial charge on any atom is -0.479 e. The number of carboxylic acid groups (broad SMARTS) is 1. The summed E-state index contributed by atoms with van der Waals surface area (Å²) in [4.78, 5) is 10.6. The Hall–Kier alpha value is -1.51. The number of carboxylic acids is 1. The summed E-state index contributed by atoms with van der Waals surface area (Å²) in [5, 5.41) is 8.74. The van der Waals surface area contributed by atoms with Gasteiger partial charge in [0.15, 0.2) is 6.10 Å². The summed E-state index contributed by atoms with van der Waals surface area (Å²) in [6.45, 7) is 0. The molecule has 0 aliphatic carbocycles. The van der Waals surface area contributed by atoms with Crippen LogP contribution in [0.15, 0.2) is 24.3 Å². The standard InChI is InChI=1S/C10H10O3/c11-10(12)9-6-5-7-3-1-2-4-8(7)13-9/h1-4,9H,5-6H2,(H,11,12)/i1+2,2+2,3+2,4+2,7+2,8+2. The SMILES string of the molecule is O=C(O)C1CC[14c]2[14cH][14cH][14cH][14cH][14c]2O1. The lowest BCUT2D eigenvalue weighted by molar-refractivity contribution is -0.145. The third-order valence-corrected chi connectivity index (χ3v) is 2.19. The van der Waals surface area contributed by atoms with Crippen LogP contribution in [0.3, 0.4) is 0 Å². The molecule has 1 aromatic carbocycles. The van der Waals surface area contributed by atoms with E-state index in [4.69, 9.17) is 9.84 Å². The highest BCUT2D eigenvalue weighted by Gasteiger charge is 2.24. The van der Waals surface area contributed by atoms with Crippen LogP contribution in [0.5, 0.6) is 5.75 Å². The van der Waals surface area contributed by atoms with E-state index in [1.54, 1.807) is 0 Å². The third kappa shape index (κ3) is 1.49. The summed E-state index contributed by atoms with van der Waals surface area (Å²) in [7, 11) is 0. The van der Waals surface area contributed by atoms with Crippen molar-refractivity contribution in [3.05, 3.63) is 29.8 Å². The van der Waals surface area contributed by atoms with Crippen LogP contribution in [0.4, 0.5) is 0 Å². The van der Waals surface area contributed by atoms with Gasteiger partial charge in [-0.25, -0.2) is 4.79 Å². The van der Waals surface area contributed by atoms with Crippen molar-refractivity contribution in [1.82, 2.24) is 0 Å². The van der Waals surface area contributed by atoms with Gasteiger partial charge < -0.3 is 9.84 Å². The van der Waals surface area contributed by atoms with E-state index < -0.39 is 12.1 Å². The van der Waals surface area contributed by atoms with Gasteiger partial charge in [0, 0.05) is 0 Å². The van der Waals surface area contributed by atoms with Gasteiger partial charge in [0.05, 0.1) is 0 Å². The van der Waals surface area contributed by atoms with Gasteiger partial charge in [-0.2, -0.15) is 0 Å². The molecule has 0 saturated carbocycles. The van der Waals surface area contributed by atoms with Crippen molar-refractivity contribution in [2.75, 3.05) is 0 Å². The van der Waals surface area contributed by atoms with Crippen molar-refractivity contribution in [3.63, 3.8) is 0 Å². The van der Waals surface area contributed by atoms with Crippen LogP contribution < -0.4 is 4.74 Å². The number of aryl methyl sites for hydroxylation is 1. The molecule has 1 aromatic rings. The van der Waals surface area contributed by atoms with Crippen molar-refractivity contribution < 1.29 is 14.6 Å². The Bertz CT molecular complexity index is 333. The Labute approximate surface area is 76.0 Å². The number of ether oxygens (including phenoxy) is 1. The fourth-order valence-corrected chi connectivity index (χ4v) is 1.50. The molecule has 2 rings (SSSR count). The third-order valence-electron chi connectivity index (χ3n) is 2.19. The number of benzene rings is 1. The average Bonchev–Trinajstić information content (AvgIpc) is 2.17. The lowest BCUT2D eigenvalue weighted by atomic mass is 10.2. The Balaban J connectivity index is 2.24. The van der Waals surface area contributed by atoms with Crippen molar-refractivity contribution in [1.29, 1.82) is 0 Å². The zero-order valence-electron chi connectivity index (χ0n) is 7.06. The molecule has 0 fully saturated rings. The average molecular weight is 190 g/mol. The van der Waals surface area contributed by atoms with Crippen LogP contribution in [0, 0.1) is 0 Å². The fourth-order valence-electron chi connectivity index (χ4n) is 1.50. The summed E-state index contributed by atoms with van der Waals surface area (Å²) in [5.41, 5.74) is 1.10. The number of aliphatic carboxylic acids is 1. The van der Waals surface area contributed by atoms with E-state index in [-0.39, 0.29) is 0 Å². The van der Waals surface area contributed by atoms with Crippen LogP contribution in [0.25, 0.3) is 0 Å². The minimum atomic E-state index is -0.880. The molecule has 0 spiro atoms. The summed E-state index contributed by atoms with van der Waals surface area (Å²) in [6.07, 6.45) is 0.675. The zero-order chi connectivity index (χ0) is 9.26. The molecule has 1 aliphatic rings. The second-order valence-electron chi connectivity index (χ2n) is 3.09. The van der Waals surface area contributed by atoms with E-state index in [1.165, 1.54) is 0 Å². The molecule has 0 radical (unpaired) electrons. The molecule has 68 valence electrons. The maximum Gasteiger partial charge on any atom is 0.344 e. The lowest BCUT2D eigenvalue weighted by Gasteiger charge is -2.22. The number of hydrogen-bond acceptors (Lipinski definition) is 2. The van der Waals surface area contributed by atoms with Crippen LogP contribution in [0.2, 0.25) is 0 Å². The van der Waals surface area contributed by atoms with Gasteiger partial charge in [-0.1, -0.05) is 18.2 Å². The first-order valence-electron chi connectivity index (χ1n) is 4.25. The van der Waals surface area contributed by atoms with E-state index >= 15 is 0 Å². The summed E-state index contributed by atoms with van der Waals surface area (Å²) < 4.78 is 5.29. The van der Waals surface area contributed by atoms with Crippen molar-refractivity contribution >= 4 is 5.97 Å². The van der Waals surface area contributed by atoms with E-state index in [1.807, 2.05) is 24.3 Å². The highest BCUT2D eigenvalue weighted by atomic mass is 16.7. The number of hydrogen-bond donors (Lipinski definition) is 1. The predicted molar refractivity (Wildman–Crippen MR) is 46.8 cm³/mol. The Kier molecular flexibility index (Phi) is 1.93. The fraction of sp³-hybridized carbons (Fsp3) is 0.300. The van der Waals surface area contributed by atoms with Gasteiger partial charge >= 0.3 is 5.97 Å². The van der Waals surface area contributed by atoms with Crippen LogP contribution >= 0.6 is 0 Å². The summed E-state index contributed by atoms with van der Waals surface area (Å²) >= 11 is 0. The number of carbonyl (C=O) groups is 1. The van der Waals surface area contributed by atoms with Crippen LogP contribution in [-0.2, 0) is 11.2 Å². The maximum absolute atomic E-state index is 10.6. The van der Waals surface area contributed by atoms with Gasteiger partial charge in [-0.3, -0.25) is 0 Å². The summed E-state index contributed by atoms with van der Waals surface area (Å²) in [6, 6.07) is 7.56. The van der Waals surface area contributed by atoms with Crippen LogP contribution in [0.1, 0.15) is 12.0 Å². The molecule has 13 heavy (non-hydrogen) atoms. The molecule has 0 saturated heterocycles. The number of fused-ring (bicyclic) bond motifs is 1. The quantitative estimate of drug-likeness (QED) is 0.729. The molecule has 1 heterocycles. The van der Waals surface area contributed by atoms with Gasteiger partial charge in [-0.15, -0.1) is 0 Å². The first-order chi connectivity index (χ1) is 6.27. The molecule has 3 nitrogen and oxygen atoms in total. The highest BCUT2D eigenvalue weighted by molar-refractivity contribution is 5.73. The van der Waals surface area contributed by atoms with E-state index in [2.05, 4.69) is 0 Å². The smallest absolute Gasteiger partial charge is 0.344 e. The molecule has 0 aromatic heterocycles. The Morgan fingerprint density at radius 3 is 3.00 bits per heavy atom. The van der Waals surface area contributed by atoms with Gasteiger partial charge in [0.1, 0.15) is 5.75 Å². The molecule has 0 bridgehead atoms. The molecule has 3 heteroatoms. The van der Waals surface area contributed by atoms with Crippen molar-refractivity contribution in [2.45, 2.75) is 18.9 Å². The largest absolute Gasteiger partial charge is 0.479 e. The zero-order valence-corrected chi connectivity index (χ0v) is 7.06. The van der Waals surface area contributed by atoms with Gasteiger partial charge in [0.25, 0.3) is 0 Å². The highest BCUT2D eigenvalue weighted by Crippen LogP contribution is 2.26. The molecule has 1 unspecified atom stereocenters. The Morgan fingerprint density at radius 2 is 2.23 bits per heavy atom. The Morgan fingerprint density at radius 1 is 1.46 bits per heavy atom. The van der Waals surface area contributed by atoms with E-state index in [0.717, 1.165) is 12.0 Å². The maximum atomic E-state index is 10.6. The van der Waals surface area contributed by atoms with Crippen molar-refractivity contribution in [3.8, 4) is 5.75 Å². The first kappa shape index (κ1) is 8.10. The van der Waals surface area contributed by atoms with E-state index in [9.17, 15) is 4.79 Å². The van der Waals surface area contributed by atoms with Gasteiger partial charge in [-0.05, 0) is 24.5 Å². The normalized spacial score (nSPS) is 20.2. The molecule has 0 amide bonds. The number of para-hydroxylation sites is 1. The van der Waals surface area contributed by atoms with Gasteiger partial charge in [0.2, 0.25) is 0 Å². The topological polar surface area (TPSA) is 46.5 Å². The molecule has 1 N–H and O–H groups in total. The van der Waals surface area contributed by atoms with Crippen molar-refractivity contribution in [2.24, 2.45) is 0 Å². The minimum absolute atomic E-state index is 0.562. The monoisotopic (exact) mass is 190 g/mol. The summed E-state index contributed by atoms with van der Waals surface area (Å²) in [5.74, 6) is -0.171. The molecule has 1 atom stereocenters. The van der Waals surface area contributed by atoms with Crippen LogP contribution in [-0.4, -0.2) is 17.2 Å². The van der Waals surface area contributed by atoms with E-state index in [0.29, 0.717) is 12.2 Å². The number of rotatable bonds is 1. The molecular formula is C10H10O3.